The molecule has 0 spiro atoms. The fourth-order valence-corrected chi connectivity index (χ4v) is 4.79. The first kappa shape index (κ1) is 25.1. The summed E-state index contributed by atoms with van der Waals surface area (Å²) < 4.78 is 33.1. The van der Waals surface area contributed by atoms with Crippen LogP contribution in [-0.4, -0.2) is 34.8 Å². The Morgan fingerprint density at radius 1 is 0.974 bits per heavy atom. The van der Waals surface area contributed by atoms with Crippen LogP contribution in [0.2, 0.25) is 0 Å². The number of methoxy groups -OCH3 is 1. The quantitative estimate of drug-likeness (QED) is 0.174. The van der Waals surface area contributed by atoms with Crippen molar-refractivity contribution in [2.75, 3.05) is 7.11 Å². The van der Waals surface area contributed by atoms with Crippen molar-refractivity contribution >= 4 is 11.7 Å². The van der Waals surface area contributed by atoms with Crippen LogP contribution in [-0.2, 0) is 16.0 Å². The van der Waals surface area contributed by atoms with Gasteiger partial charge in [-0.25, -0.2) is 18.7 Å². The number of hydrogen-bond donors (Lipinski definition) is 0. The molecule has 0 bridgehead atoms. The van der Waals surface area contributed by atoms with E-state index in [1.54, 1.807) is 12.1 Å². The van der Waals surface area contributed by atoms with Crippen LogP contribution in [0.15, 0.2) is 108 Å². The van der Waals surface area contributed by atoms with E-state index in [1.165, 1.54) is 13.2 Å². The van der Waals surface area contributed by atoms with Crippen LogP contribution in [0.4, 0.5) is 8.78 Å². The summed E-state index contributed by atoms with van der Waals surface area (Å²) in [5, 5.41) is 0. The lowest BCUT2D eigenvalue weighted by molar-refractivity contribution is -0.149. The molecule has 0 radical (unpaired) electrons. The molecule has 1 heterocycles. The van der Waals surface area contributed by atoms with E-state index < -0.39 is 23.0 Å². The van der Waals surface area contributed by atoms with Crippen molar-refractivity contribution in [3.63, 3.8) is 0 Å². The van der Waals surface area contributed by atoms with Gasteiger partial charge in [0.25, 0.3) is 0 Å². The van der Waals surface area contributed by atoms with Crippen LogP contribution in [0.3, 0.4) is 0 Å². The second-order valence-electron chi connectivity index (χ2n) is 9.20. The molecule has 5 nitrogen and oxygen atoms in total. The Bertz CT molecular complexity index is 1450. The number of carbonyl (C=O) groups is 1. The Morgan fingerprint density at radius 2 is 1.61 bits per heavy atom. The van der Waals surface area contributed by atoms with Gasteiger partial charge in [0, 0.05) is 11.1 Å². The highest BCUT2D eigenvalue weighted by Crippen LogP contribution is 2.39. The lowest BCUT2D eigenvalue weighted by Gasteiger charge is -2.25. The van der Waals surface area contributed by atoms with Crippen molar-refractivity contribution in [1.82, 2.24) is 9.97 Å². The third-order valence-electron chi connectivity index (χ3n) is 6.60. The molecule has 5 rings (SSSR count). The van der Waals surface area contributed by atoms with Crippen molar-refractivity contribution in [2.24, 2.45) is 10.4 Å². The van der Waals surface area contributed by atoms with Crippen LogP contribution in [0.5, 0.6) is 0 Å². The van der Waals surface area contributed by atoms with Crippen molar-refractivity contribution in [3.8, 4) is 11.4 Å². The first-order valence-corrected chi connectivity index (χ1v) is 12.2. The van der Waals surface area contributed by atoms with Crippen LogP contribution in [0, 0.1) is 17.0 Å². The molecule has 0 saturated carbocycles. The summed E-state index contributed by atoms with van der Waals surface area (Å²) in [6.45, 7) is 0. The van der Waals surface area contributed by atoms with E-state index >= 15 is 0 Å². The van der Waals surface area contributed by atoms with Gasteiger partial charge in [-0.05, 0) is 30.5 Å². The average molecular weight is 510 g/mol. The largest absolute Gasteiger partial charge is 0.468 e. The van der Waals surface area contributed by atoms with Crippen molar-refractivity contribution in [1.29, 1.82) is 0 Å². The van der Waals surface area contributed by atoms with Crippen LogP contribution in [0.1, 0.15) is 23.1 Å². The lowest BCUT2D eigenvalue weighted by atomic mass is 9.80. The third kappa shape index (κ3) is 5.27. The van der Waals surface area contributed by atoms with Crippen LogP contribution >= 0.6 is 0 Å². The Morgan fingerprint density at radius 3 is 2.21 bits per heavy atom. The van der Waals surface area contributed by atoms with Gasteiger partial charge in [-0.1, -0.05) is 78.9 Å². The zero-order valence-corrected chi connectivity index (χ0v) is 20.7. The number of halogens is 2. The molecule has 0 fully saturated rings. The Balaban J connectivity index is 1.47. The number of ether oxygens (including phenoxy) is 1. The highest BCUT2D eigenvalue weighted by Gasteiger charge is 2.43. The summed E-state index contributed by atoms with van der Waals surface area (Å²) in [4.78, 5) is 26.0. The minimum absolute atomic E-state index is 0.0673. The van der Waals surface area contributed by atoms with E-state index in [1.807, 2.05) is 72.8 Å². The normalized spacial score (nSPS) is 18.2. The smallest absolute Gasteiger partial charge is 0.316 e. The van der Waals surface area contributed by atoms with E-state index in [4.69, 9.17) is 9.73 Å². The van der Waals surface area contributed by atoms with Crippen molar-refractivity contribution < 1.29 is 18.3 Å². The first-order chi connectivity index (χ1) is 18.5. The summed E-state index contributed by atoms with van der Waals surface area (Å²) in [7, 11) is 1.36. The van der Waals surface area contributed by atoms with Crippen molar-refractivity contribution in [3.05, 3.63) is 132 Å². The van der Waals surface area contributed by atoms with Gasteiger partial charge in [0.15, 0.2) is 11.6 Å². The minimum atomic E-state index is -0.986. The van der Waals surface area contributed by atoms with E-state index in [9.17, 15) is 13.6 Å². The number of esters is 1. The molecule has 38 heavy (non-hydrogen) atoms. The van der Waals surface area contributed by atoms with Crippen LogP contribution < -0.4 is 0 Å². The van der Waals surface area contributed by atoms with E-state index in [0.717, 1.165) is 29.2 Å². The predicted octanol–water partition coefficient (Wildman–Crippen LogP) is 5.99. The number of hydrogen-bond acceptors (Lipinski definition) is 5. The number of aliphatic imine (C=N–C) groups is 1. The van der Waals surface area contributed by atoms with Gasteiger partial charge in [-0.15, -0.1) is 0 Å². The summed E-state index contributed by atoms with van der Waals surface area (Å²) in [5.74, 6) is -1.47. The molecule has 0 amide bonds. The molecule has 7 heteroatoms. The van der Waals surface area contributed by atoms with Gasteiger partial charge < -0.3 is 4.74 Å². The molecule has 2 atom stereocenters. The molecule has 1 aliphatic rings. The SMILES string of the molecule is COC(=O)[C@@]1(Cc2ccc(F)c(-c3ncc(F)cn3)c2)C=C[C@H](N=C(c2ccccc2)c2ccccc2)C1. The molecule has 190 valence electrons. The summed E-state index contributed by atoms with van der Waals surface area (Å²) in [5.41, 5.74) is 2.63. The molecule has 0 saturated heterocycles. The molecule has 0 unspecified atom stereocenters. The van der Waals surface area contributed by atoms with E-state index in [-0.39, 0.29) is 23.9 Å². The van der Waals surface area contributed by atoms with Gasteiger partial charge >= 0.3 is 5.97 Å². The van der Waals surface area contributed by atoms with Crippen LogP contribution in [0.25, 0.3) is 11.4 Å². The molecule has 4 aromatic rings. The zero-order chi connectivity index (χ0) is 26.5. The maximum Gasteiger partial charge on any atom is 0.316 e. The molecule has 0 aliphatic heterocycles. The summed E-state index contributed by atoms with van der Waals surface area (Å²) >= 11 is 0. The number of nitrogens with zero attached hydrogens (tertiary/aromatic N) is 3. The van der Waals surface area contributed by atoms with Crippen molar-refractivity contribution in [2.45, 2.75) is 18.9 Å². The second-order valence-corrected chi connectivity index (χ2v) is 9.20. The molecular weight excluding hydrogens is 484 g/mol. The number of rotatable bonds is 7. The van der Waals surface area contributed by atoms with Gasteiger partial charge in [0.05, 0.1) is 42.2 Å². The Kier molecular flexibility index (Phi) is 7.18. The van der Waals surface area contributed by atoms with Gasteiger partial charge in [0.1, 0.15) is 5.82 Å². The predicted molar refractivity (Wildman–Crippen MR) is 142 cm³/mol. The number of benzene rings is 3. The third-order valence-corrected chi connectivity index (χ3v) is 6.60. The van der Waals surface area contributed by atoms with E-state index in [2.05, 4.69) is 9.97 Å². The topological polar surface area (TPSA) is 64.4 Å². The average Bonchev–Trinajstić information content (AvgIpc) is 3.37. The summed E-state index contributed by atoms with van der Waals surface area (Å²) in [6, 6.07) is 24.1. The fourth-order valence-electron chi connectivity index (χ4n) is 4.79. The number of carbonyl (C=O) groups excluding carboxylic acids is 1. The van der Waals surface area contributed by atoms with E-state index in [0.29, 0.717) is 12.0 Å². The Labute approximate surface area is 219 Å². The summed E-state index contributed by atoms with van der Waals surface area (Å²) in [6.07, 6.45) is 6.41. The fraction of sp³-hybridized carbons (Fsp3) is 0.161. The standard InChI is InChI=1S/C31H25F2N3O2/c1-38-30(37)31(17-21-12-13-27(33)26(16-21)29-34-19-24(32)20-35-29)15-14-25(18-31)36-28(22-8-4-2-5-9-22)23-10-6-3-7-11-23/h2-16,19-20,25H,17-18H2,1H3/t25-,31+/m0/s1. The maximum absolute atomic E-state index is 14.6. The lowest BCUT2D eigenvalue weighted by Crippen LogP contribution is -2.32. The minimum Gasteiger partial charge on any atom is -0.468 e. The molecule has 3 aromatic carbocycles. The maximum atomic E-state index is 14.6. The Hall–Kier alpha value is -4.52. The van der Waals surface area contributed by atoms with Gasteiger partial charge in [0.2, 0.25) is 0 Å². The zero-order valence-electron chi connectivity index (χ0n) is 20.7. The second kappa shape index (κ2) is 10.8. The number of aromatic nitrogens is 2. The molecule has 1 aromatic heterocycles. The molecule has 0 N–H and O–H groups in total. The highest BCUT2D eigenvalue weighted by molar-refractivity contribution is 6.13. The van der Waals surface area contributed by atoms with Gasteiger partial charge in [-0.2, -0.15) is 0 Å². The van der Waals surface area contributed by atoms with Gasteiger partial charge in [-0.3, -0.25) is 9.79 Å². The molecular formula is C31H25F2N3O2. The first-order valence-electron chi connectivity index (χ1n) is 12.2. The highest BCUT2D eigenvalue weighted by atomic mass is 19.1. The molecule has 1 aliphatic carbocycles. The monoisotopic (exact) mass is 509 g/mol.